The first-order chi connectivity index (χ1) is 31.2. The molecule has 2 aliphatic rings. The van der Waals surface area contributed by atoms with Crippen molar-refractivity contribution >= 4 is 22.1 Å². The van der Waals surface area contributed by atoms with Crippen LogP contribution in [0.5, 0.6) is 11.5 Å². The van der Waals surface area contributed by atoms with Gasteiger partial charge >= 0.3 is 0 Å². The zero-order chi connectivity index (χ0) is 41.5. The Bertz CT molecular complexity index is 3500. The van der Waals surface area contributed by atoms with Crippen molar-refractivity contribution in [2.24, 2.45) is 0 Å². The van der Waals surface area contributed by atoms with E-state index in [2.05, 4.69) is 91.0 Å². The minimum absolute atomic E-state index is 0.591. The lowest BCUT2D eigenvalue weighted by Gasteiger charge is -2.39. The second kappa shape index (κ2) is 13.7. The summed E-state index contributed by atoms with van der Waals surface area (Å²) in [4.78, 5) is 25.8. The molecule has 7 nitrogen and oxygen atoms in total. The Hall–Kier alpha value is -8.55. The molecule has 0 saturated carbocycles. The third-order valence-corrected chi connectivity index (χ3v) is 12.4. The summed E-state index contributed by atoms with van der Waals surface area (Å²) in [5.74, 6) is 4.07. The lowest BCUT2D eigenvalue weighted by molar-refractivity contribution is 0.436. The van der Waals surface area contributed by atoms with Gasteiger partial charge in [0.1, 0.15) is 28.3 Å². The largest absolute Gasteiger partial charge is 0.457 e. The summed E-state index contributed by atoms with van der Waals surface area (Å²) >= 11 is 0. The number of benzene rings is 8. The van der Waals surface area contributed by atoms with Crippen molar-refractivity contribution in [3.63, 3.8) is 0 Å². The quantitative estimate of drug-likeness (QED) is 0.171. The van der Waals surface area contributed by atoms with Crippen LogP contribution in [0.25, 0.3) is 90.0 Å². The number of ether oxygens (including phenoxy) is 1. The first-order valence-electron chi connectivity index (χ1n) is 21.0. The molecule has 0 fully saturated rings. The van der Waals surface area contributed by atoms with E-state index >= 15 is 0 Å². The lowest BCUT2D eigenvalue weighted by atomic mass is 9.66. The summed E-state index contributed by atoms with van der Waals surface area (Å²) in [7, 11) is 0. The average molecular weight is 808 g/mol. The van der Waals surface area contributed by atoms with Gasteiger partial charge in [0.25, 0.3) is 0 Å². The van der Waals surface area contributed by atoms with Crippen molar-refractivity contribution in [2.45, 2.75) is 5.41 Å². The first-order valence-corrected chi connectivity index (χ1v) is 21.0. The molecule has 0 N–H and O–H groups in total. The fourth-order valence-corrected chi connectivity index (χ4v) is 9.63. The van der Waals surface area contributed by atoms with E-state index in [-0.39, 0.29) is 0 Å². The van der Waals surface area contributed by atoms with Crippen molar-refractivity contribution in [3.05, 3.63) is 222 Å². The van der Waals surface area contributed by atoms with Gasteiger partial charge in [-0.3, -0.25) is 0 Å². The van der Waals surface area contributed by atoms with E-state index < -0.39 is 5.41 Å². The summed E-state index contributed by atoms with van der Waals surface area (Å²) in [6, 6.07) is 68.5. The highest BCUT2D eigenvalue weighted by Crippen LogP contribution is 2.62. The summed E-state index contributed by atoms with van der Waals surface area (Å²) in [6.45, 7) is 0. The van der Waals surface area contributed by atoms with E-state index in [9.17, 15) is 0 Å². The van der Waals surface area contributed by atoms with Gasteiger partial charge in [0.15, 0.2) is 28.9 Å². The molecule has 0 atom stereocenters. The predicted octanol–water partition coefficient (Wildman–Crippen LogP) is 13.4. The van der Waals surface area contributed by atoms with E-state index in [1.807, 2.05) is 109 Å². The molecule has 11 aromatic rings. The zero-order valence-electron chi connectivity index (χ0n) is 33.6. The molecule has 0 radical (unpaired) electrons. The molecular weight excluding hydrogens is 775 g/mol. The Labute approximate surface area is 362 Å². The van der Waals surface area contributed by atoms with Gasteiger partial charge in [0.05, 0.1) is 5.41 Å². The topological polar surface area (TPSA) is 86.8 Å². The number of aromatic nitrogens is 5. The van der Waals surface area contributed by atoms with E-state index in [0.29, 0.717) is 28.9 Å². The van der Waals surface area contributed by atoms with E-state index in [1.54, 1.807) is 0 Å². The van der Waals surface area contributed by atoms with Crippen molar-refractivity contribution < 1.29 is 9.15 Å². The Morgan fingerprint density at radius 2 is 0.873 bits per heavy atom. The number of fused-ring (bicyclic) bond motifs is 12. The van der Waals surface area contributed by atoms with Crippen LogP contribution < -0.4 is 4.74 Å². The molecule has 7 heteroatoms. The number of hydrogen-bond acceptors (Lipinski definition) is 7. The van der Waals surface area contributed by atoms with E-state index in [0.717, 1.165) is 94.9 Å². The molecule has 0 unspecified atom stereocenters. The van der Waals surface area contributed by atoms with Gasteiger partial charge < -0.3 is 9.15 Å². The highest BCUT2D eigenvalue weighted by Gasteiger charge is 2.51. The van der Waals surface area contributed by atoms with Crippen molar-refractivity contribution in [1.82, 2.24) is 24.9 Å². The maximum absolute atomic E-state index is 6.69. The Kier molecular flexibility index (Phi) is 7.68. The van der Waals surface area contributed by atoms with Crippen LogP contribution in [-0.2, 0) is 5.41 Å². The van der Waals surface area contributed by atoms with Crippen LogP contribution in [0.1, 0.15) is 22.3 Å². The molecule has 1 aliphatic heterocycles. The highest BCUT2D eigenvalue weighted by molar-refractivity contribution is 6.07. The van der Waals surface area contributed by atoms with Crippen LogP contribution >= 0.6 is 0 Å². The summed E-state index contributed by atoms with van der Waals surface area (Å²) in [5.41, 5.74) is 13.4. The molecule has 8 aromatic carbocycles. The molecule has 294 valence electrons. The Morgan fingerprint density at radius 1 is 0.349 bits per heavy atom. The second-order valence-corrected chi connectivity index (χ2v) is 15.9. The lowest BCUT2D eigenvalue weighted by Crippen LogP contribution is -2.32. The Morgan fingerprint density at radius 3 is 1.54 bits per heavy atom. The van der Waals surface area contributed by atoms with Crippen molar-refractivity contribution in [3.8, 4) is 79.4 Å². The molecule has 13 rings (SSSR count). The van der Waals surface area contributed by atoms with Gasteiger partial charge in [0.2, 0.25) is 0 Å². The molecule has 4 heterocycles. The van der Waals surface area contributed by atoms with Gasteiger partial charge in [0, 0.05) is 44.3 Å². The SMILES string of the molecule is c1ccc(-c2nc(-c3ccccc3)nc(-c3ccc4c(c3)C3(c5ccccc5Oc5ccccc53)c3ccc(-c5nc(-c6ccccc6)c6oc7ccccc7c6n5)cc3-4)n2)cc1. The standard InChI is InChI=1S/C56H33N5O2/c1-4-16-34(17-5-1)49-51-50(40-22-10-13-25-46(40)63-51)58-54(57-49)37-29-31-42-41(32-37)39-30-28-38(33-45(39)56(42)43-23-11-14-26-47(43)62-48-27-15-12-24-44(48)56)55-60-52(35-18-6-2-7-19-35)59-53(61-55)36-20-8-3-9-21-36/h1-33H. The molecule has 1 aliphatic carbocycles. The van der Waals surface area contributed by atoms with Crippen LogP contribution in [0.4, 0.5) is 0 Å². The monoisotopic (exact) mass is 807 g/mol. The first kappa shape index (κ1) is 35.2. The zero-order valence-corrected chi connectivity index (χ0v) is 33.6. The molecule has 3 aromatic heterocycles. The molecular formula is C56H33N5O2. The number of hydrogen-bond donors (Lipinski definition) is 0. The number of furan rings is 1. The third kappa shape index (κ3) is 5.36. The number of rotatable bonds is 5. The third-order valence-electron chi connectivity index (χ3n) is 12.4. The minimum atomic E-state index is -0.733. The summed E-state index contributed by atoms with van der Waals surface area (Å²) < 4.78 is 13.1. The molecule has 0 bridgehead atoms. The van der Waals surface area contributed by atoms with Gasteiger partial charge in [-0.05, 0) is 58.7 Å². The maximum atomic E-state index is 6.69. The normalized spacial score (nSPS) is 13.0. The molecule has 0 saturated heterocycles. The smallest absolute Gasteiger partial charge is 0.180 e. The molecule has 0 amide bonds. The van der Waals surface area contributed by atoms with Crippen LogP contribution in [0.15, 0.2) is 205 Å². The van der Waals surface area contributed by atoms with Gasteiger partial charge in [-0.1, -0.05) is 164 Å². The summed E-state index contributed by atoms with van der Waals surface area (Å²) in [5, 5.41) is 0.950. The van der Waals surface area contributed by atoms with Gasteiger partial charge in [-0.25, -0.2) is 24.9 Å². The van der Waals surface area contributed by atoms with Crippen LogP contribution in [-0.4, -0.2) is 24.9 Å². The van der Waals surface area contributed by atoms with Crippen LogP contribution in [0.2, 0.25) is 0 Å². The average Bonchev–Trinajstić information content (AvgIpc) is 3.87. The molecule has 1 spiro atoms. The van der Waals surface area contributed by atoms with Crippen molar-refractivity contribution in [1.29, 1.82) is 0 Å². The number of nitrogens with zero attached hydrogens (tertiary/aromatic N) is 5. The fourth-order valence-electron chi connectivity index (χ4n) is 9.63. The molecule has 63 heavy (non-hydrogen) atoms. The number of para-hydroxylation sites is 3. The maximum Gasteiger partial charge on any atom is 0.180 e. The van der Waals surface area contributed by atoms with Crippen molar-refractivity contribution in [2.75, 3.05) is 0 Å². The highest BCUT2D eigenvalue weighted by atomic mass is 16.5. The fraction of sp³-hybridized carbons (Fsp3) is 0.0179. The predicted molar refractivity (Wildman–Crippen MR) is 247 cm³/mol. The van der Waals surface area contributed by atoms with Gasteiger partial charge in [-0.2, -0.15) is 0 Å². The van der Waals surface area contributed by atoms with Gasteiger partial charge in [-0.15, -0.1) is 0 Å². The van der Waals surface area contributed by atoms with E-state index in [4.69, 9.17) is 34.1 Å². The van der Waals surface area contributed by atoms with E-state index in [1.165, 1.54) is 0 Å². The Balaban J connectivity index is 1.07. The minimum Gasteiger partial charge on any atom is -0.457 e. The van der Waals surface area contributed by atoms with Crippen LogP contribution in [0, 0.1) is 0 Å². The summed E-state index contributed by atoms with van der Waals surface area (Å²) in [6.07, 6.45) is 0. The second-order valence-electron chi connectivity index (χ2n) is 15.9. The van der Waals surface area contributed by atoms with Crippen LogP contribution in [0.3, 0.4) is 0 Å².